The number of benzene rings is 2. The minimum absolute atomic E-state index is 0.228. The van der Waals surface area contributed by atoms with Gasteiger partial charge in [-0.3, -0.25) is 9.78 Å². The lowest BCUT2D eigenvalue weighted by atomic mass is 10.0. The van der Waals surface area contributed by atoms with Crippen LogP contribution in [-0.4, -0.2) is 23.5 Å². The van der Waals surface area contributed by atoms with E-state index in [9.17, 15) is 9.59 Å². The highest BCUT2D eigenvalue weighted by molar-refractivity contribution is 6.30. The Morgan fingerprint density at radius 3 is 2.52 bits per heavy atom. The highest BCUT2D eigenvalue weighted by atomic mass is 35.5. The van der Waals surface area contributed by atoms with Crippen LogP contribution < -0.4 is 5.32 Å². The third kappa shape index (κ3) is 4.74. The number of pyridine rings is 1. The standard InChI is InChI=1S/C23H23ClN2O3/c1-4-19-22(14(2)18-7-5-6-8-20(18)26-19)23(28)29-13-21(27)25-15(3)16-9-11-17(24)12-10-16/h5-12,15H,4,13H2,1-3H3,(H,25,27)/t15-/m0/s1. The molecular formula is C23H23ClN2O3. The van der Waals surface area contributed by atoms with E-state index in [1.807, 2.05) is 57.2 Å². The zero-order valence-electron chi connectivity index (χ0n) is 16.7. The van der Waals surface area contributed by atoms with Crippen molar-refractivity contribution in [2.45, 2.75) is 33.2 Å². The van der Waals surface area contributed by atoms with E-state index in [1.165, 1.54) is 0 Å². The van der Waals surface area contributed by atoms with E-state index in [-0.39, 0.29) is 18.6 Å². The monoisotopic (exact) mass is 410 g/mol. The molecule has 0 saturated heterocycles. The molecule has 0 unspecified atom stereocenters. The van der Waals surface area contributed by atoms with Crippen LogP contribution in [0.2, 0.25) is 5.02 Å². The first-order valence-electron chi connectivity index (χ1n) is 9.50. The largest absolute Gasteiger partial charge is 0.452 e. The Morgan fingerprint density at radius 2 is 1.83 bits per heavy atom. The maximum absolute atomic E-state index is 12.7. The number of carbonyl (C=O) groups excluding carboxylic acids is 2. The lowest BCUT2D eigenvalue weighted by Gasteiger charge is -2.16. The highest BCUT2D eigenvalue weighted by Crippen LogP contribution is 2.24. The normalized spacial score (nSPS) is 11.9. The summed E-state index contributed by atoms with van der Waals surface area (Å²) in [5.41, 5.74) is 3.67. The molecule has 3 rings (SSSR count). The summed E-state index contributed by atoms with van der Waals surface area (Å²) in [6.07, 6.45) is 0.593. The Balaban J connectivity index is 1.69. The SMILES string of the molecule is CCc1nc2ccccc2c(C)c1C(=O)OCC(=O)N[C@@H](C)c1ccc(Cl)cc1. The van der Waals surface area contributed by atoms with Crippen molar-refractivity contribution < 1.29 is 14.3 Å². The fourth-order valence-corrected chi connectivity index (χ4v) is 3.41. The minimum Gasteiger partial charge on any atom is -0.452 e. The van der Waals surface area contributed by atoms with Gasteiger partial charge in [-0.05, 0) is 49.6 Å². The van der Waals surface area contributed by atoms with Crippen molar-refractivity contribution in [3.63, 3.8) is 0 Å². The lowest BCUT2D eigenvalue weighted by molar-refractivity contribution is -0.124. The molecule has 0 aliphatic heterocycles. The number of amides is 1. The van der Waals surface area contributed by atoms with Gasteiger partial charge in [0, 0.05) is 10.4 Å². The number of ether oxygens (including phenoxy) is 1. The van der Waals surface area contributed by atoms with Gasteiger partial charge in [-0.15, -0.1) is 0 Å². The summed E-state index contributed by atoms with van der Waals surface area (Å²) in [6.45, 7) is 5.32. The maximum Gasteiger partial charge on any atom is 0.340 e. The molecule has 1 atom stereocenters. The minimum atomic E-state index is -0.535. The van der Waals surface area contributed by atoms with Crippen LogP contribution in [0.4, 0.5) is 0 Å². The van der Waals surface area contributed by atoms with Gasteiger partial charge in [0.25, 0.3) is 5.91 Å². The van der Waals surface area contributed by atoms with E-state index in [1.54, 1.807) is 12.1 Å². The van der Waals surface area contributed by atoms with E-state index in [0.717, 1.165) is 22.0 Å². The summed E-state index contributed by atoms with van der Waals surface area (Å²) >= 11 is 5.89. The van der Waals surface area contributed by atoms with E-state index < -0.39 is 5.97 Å². The van der Waals surface area contributed by atoms with Crippen molar-refractivity contribution in [3.8, 4) is 0 Å². The fourth-order valence-electron chi connectivity index (χ4n) is 3.29. The predicted octanol–water partition coefficient (Wildman–Crippen LogP) is 4.79. The average Bonchev–Trinajstić information content (AvgIpc) is 2.72. The number of nitrogens with zero attached hydrogens (tertiary/aromatic N) is 1. The van der Waals surface area contributed by atoms with Crippen LogP contribution >= 0.6 is 11.6 Å². The number of para-hydroxylation sites is 1. The van der Waals surface area contributed by atoms with Crippen molar-refractivity contribution in [2.75, 3.05) is 6.61 Å². The molecule has 6 heteroatoms. The van der Waals surface area contributed by atoms with Gasteiger partial charge in [-0.25, -0.2) is 4.79 Å². The molecule has 0 bridgehead atoms. The van der Waals surface area contributed by atoms with Gasteiger partial charge < -0.3 is 10.1 Å². The topological polar surface area (TPSA) is 68.3 Å². The number of carbonyl (C=O) groups is 2. The van der Waals surface area contributed by atoms with E-state index in [4.69, 9.17) is 16.3 Å². The first-order valence-corrected chi connectivity index (χ1v) is 9.88. The van der Waals surface area contributed by atoms with Crippen molar-refractivity contribution >= 4 is 34.4 Å². The average molecular weight is 411 g/mol. The van der Waals surface area contributed by atoms with E-state index in [0.29, 0.717) is 22.7 Å². The van der Waals surface area contributed by atoms with Gasteiger partial charge >= 0.3 is 5.97 Å². The third-order valence-electron chi connectivity index (χ3n) is 4.85. The smallest absolute Gasteiger partial charge is 0.340 e. The quantitative estimate of drug-likeness (QED) is 0.593. The number of rotatable bonds is 6. The zero-order chi connectivity index (χ0) is 21.0. The highest BCUT2D eigenvalue weighted by Gasteiger charge is 2.20. The van der Waals surface area contributed by atoms with Gasteiger partial charge in [0.1, 0.15) is 0 Å². The Morgan fingerprint density at radius 1 is 1.14 bits per heavy atom. The van der Waals surface area contributed by atoms with Crippen molar-refractivity contribution in [1.82, 2.24) is 10.3 Å². The number of hydrogen-bond donors (Lipinski definition) is 1. The zero-order valence-corrected chi connectivity index (χ0v) is 17.4. The number of aromatic nitrogens is 1. The van der Waals surface area contributed by atoms with Gasteiger partial charge in [-0.1, -0.05) is 48.9 Å². The van der Waals surface area contributed by atoms with Crippen LogP contribution in [0.15, 0.2) is 48.5 Å². The van der Waals surface area contributed by atoms with Crippen LogP contribution in [0.25, 0.3) is 10.9 Å². The molecule has 1 N–H and O–H groups in total. The predicted molar refractivity (Wildman–Crippen MR) is 114 cm³/mol. The molecule has 0 aliphatic carbocycles. The molecule has 0 aliphatic rings. The molecule has 0 spiro atoms. The molecular weight excluding hydrogens is 388 g/mol. The van der Waals surface area contributed by atoms with Crippen LogP contribution in [-0.2, 0) is 16.0 Å². The number of esters is 1. The Hall–Kier alpha value is -2.92. The van der Waals surface area contributed by atoms with Crippen LogP contribution in [0.5, 0.6) is 0 Å². The molecule has 1 amide bonds. The van der Waals surface area contributed by atoms with Crippen molar-refractivity contribution in [1.29, 1.82) is 0 Å². The number of nitrogens with one attached hydrogen (secondary N) is 1. The summed E-state index contributed by atoms with van der Waals surface area (Å²) in [5, 5.41) is 4.35. The molecule has 2 aromatic carbocycles. The Kier molecular flexibility index (Phi) is 6.49. The summed E-state index contributed by atoms with van der Waals surface area (Å²) in [6, 6.07) is 14.7. The van der Waals surface area contributed by atoms with E-state index >= 15 is 0 Å². The second-order valence-electron chi connectivity index (χ2n) is 6.85. The first kappa shape index (κ1) is 20.8. The van der Waals surface area contributed by atoms with Gasteiger partial charge in [0.2, 0.25) is 0 Å². The second-order valence-corrected chi connectivity index (χ2v) is 7.28. The van der Waals surface area contributed by atoms with Gasteiger partial charge in [0.05, 0.1) is 22.8 Å². The van der Waals surface area contributed by atoms with Gasteiger partial charge in [0.15, 0.2) is 6.61 Å². The fraction of sp³-hybridized carbons (Fsp3) is 0.261. The summed E-state index contributed by atoms with van der Waals surface area (Å²) in [5.74, 6) is -0.905. The van der Waals surface area contributed by atoms with Crippen LogP contribution in [0, 0.1) is 6.92 Å². The lowest BCUT2D eigenvalue weighted by Crippen LogP contribution is -2.31. The third-order valence-corrected chi connectivity index (χ3v) is 5.10. The number of halogens is 1. The molecule has 1 aromatic heterocycles. The molecule has 1 heterocycles. The molecule has 0 saturated carbocycles. The molecule has 5 nitrogen and oxygen atoms in total. The molecule has 0 radical (unpaired) electrons. The number of hydrogen-bond acceptors (Lipinski definition) is 4. The van der Waals surface area contributed by atoms with E-state index in [2.05, 4.69) is 10.3 Å². The van der Waals surface area contributed by atoms with Crippen LogP contribution in [0.1, 0.15) is 47.1 Å². The summed E-state index contributed by atoms with van der Waals surface area (Å²) in [7, 11) is 0. The van der Waals surface area contributed by atoms with Crippen molar-refractivity contribution in [3.05, 3.63) is 75.9 Å². The summed E-state index contributed by atoms with van der Waals surface area (Å²) < 4.78 is 5.31. The Bertz CT molecular complexity index is 1050. The first-order chi connectivity index (χ1) is 13.9. The number of fused-ring (bicyclic) bond motifs is 1. The maximum atomic E-state index is 12.7. The molecule has 0 fully saturated rings. The van der Waals surface area contributed by atoms with Gasteiger partial charge in [-0.2, -0.15) is 0 Å². The van der Waals surface area contributed by atoms with Crippen LogP contribution in [0.3, 0.4) is 0 Å². The van der Waals surface area contributed by atoms with Crippen molar-refractivity contribution in [2.24, 2.45) is 0 Å². The number of aryl methyl sites for hydroxylation is 2. The molecule has 3 aromatic rings. The summed E-state index contributed by atoms with van der Waals surface area (Å²) in [4.78, 5) is 29.6. The second kappa shape index (κ2) is 9.05. The Labute approximate surface area is 175 Å². The molecule has 29 heavy (non-hydrogen) atoms. The molecule has 150 valence electrons.